The van der Waals surface area contributed by atoms with Crippen LogP contribution in [0.3, 0.4) is 0 Å². The van der Waals surface area contributed by atoms with Crippen molar-refractivity contribution < 1.29 is 9.21 Å². The van der Waals surface area contributed by atoms with Gasteiger partial charge in [0, 0.05) is 25.3 Å². The van der Waals surface area contributed by atoms with Crippen LogP contribution in [0.25, 0.3) is 6.08 Å². The molecule has 0 bridgehead atoms. The number of hydrogen-bond acceptors (Lipinski definition) is 3. The second-order valence-corrected chi connectivity index (χ2v) is 4.15. The molecule has 0 aliphatic heterocycles. The minimum Gasteiger partial charge on any atom is -0.465 e. The van der Waals surface area contributed by atoms with E-state index in [1.165, 1.54) is 6.08 Å². The molecule has 0 amide bonds. The van der Waals surface area contributed by atoms with Gasteiger partial charge in [0.25, 0.3) is 0 Å². The van der Waals surface area contributed by atoms with Crippen molar-refractivity contribution in [2.45, 2.75) is 0 Å². The summed E-state index contributed by atoms with van der Waals surface area (Å²) in [6.07, 6.45) is 4.77. The summed E-state index contributed by atoms with van der Waals surface area (Å²) in [6.45, 7) is 0. The maximum Gasteiger partial charge on any atom is 0.185 e. The van der Waals surface area contributed by atoms with Crippen LogP contribution in [0.2, 0.25) is 0 Å². The molecule has 0 spiro atoms. The molecule has 0 radical (unpaired) electrons. The third kappa shape index (κ3) is 2.88. The van der Waals surface area contributed by atoms with Crippen LogP contribution in [-0.4, -0.2) is 19.9 Å². The van der Waals surface area contributed by atoms with Gasteiger partial charge in [0.2, 0.25) is 0 Å². The number of benzene rings is 1. The Labute approximate surface area is 106 Å². The van der Waals surface area contributed by atoms with Crippen molar-refractivity contribution in [3.05, 3.63) is 60.1 Å². The van der Waals surface area contributed by atoms with Crippen molar-refractivity contribution in [1.29, 1.82) is 0 Å². The molecule has 1 aromatic carbocycles. The molecular weight excluding hydrogens is 226 g/mol. The highest BCUT2D eigenvalue weighted by Crippen LogP contribution is 2.13. The quantitative estimate of drug-likeness (QED) is 0.608. The molecule has 0 fully saturated rings. The first-order chi connectivity index (χ1) is 8.66. The summed E-state index contributed by atoms with van der Waals surface area (Å²) >= 11 is 0. The number of furan rings is 1. The highest BCUT2D eigenvalue weighted by atomic mass is 16.3. The van der Waals surface area contributed by atoms with E-state index in [1.54, 1.807) is 24.5 Å². The Kier molecular flexibility index (Phi) is 3.63. The summed E-state index contributed by atoms with van der Waals surface area (Å²) in [5, 5.41) is 0. The zero-order valence-corrected chi connectivity index (χ0v) is 10.5. The molecule has 0 saturated heterocycles. The van der Waals surface area contributed by atoms with Gasteiger partial charge in [0.1, 0.15) is 5.76 Å². The van der Waals surface area contributed by atoms with Gasteiger partial charge in [-0.05, 0) is 48.6 Å². The first kappa shape index (κ1) is 12.2. The highest BCUT2D eigenvalue weighted by Gasteiger charge is 2.02. The second-order valence-electron chi connectivity index (χ2n) is 4.15. The normalized spacial score (nSPS) is 10.8. The van der Waals surface area contributed by atoms with Gasteiger partial charge in [0.05, 0.1) is 6.26 Å². The molecular formula is C15H15NO2. The molecule has 0 atom stereocenters. The van der Waals surface area contributed by atoms with Crippen LogP contribution in [0.1, 0.15) is 16.1 Å². The summed E-state index contributed by atoms with van der Waals surface area (Å²) in [5.74, 6) is 0.643. The third-order valence-corrected chi connectivity index (χ3v) is 2.61. The average molecular weight is 241 g/mol. The Hall–Kier alpha value is -2.29. The van der Waals surface area contributed by atoms with E-state index >= 15 is 0 Å². The highest BCUT2D eigenvalue weighted by molar-refractivity contribution is 6.06. The molecule has 1 heterocycles. The smallest absolute Gasteiger partial charge is 0.185 e. The summed E-state index contributed by atoms with van der Waals surface area (Å²) in [6, 6.07) is 11.1. The van der Waals surface area contributed by atoms with Crippen molar-refractivity contribution >= 4 is 17.5 Å². The van der Waals surface area contributed by atoms with Crippen molar-refractivity contribution in [3.8, 4) is 0 Å². The van der Waals surface area contributed by atoms with Gasteiger partial charge >= 0.3 is 0 Å². The van der Waals surface area contributed by atoms with E-state index in [-0.39, 0.29) is 5.78 Å². The Morgan fingerprint density at radius 1 is 1.17 bits per heavy atom. The zero-order chi connectivity index (χ0) is 13.0. The summed E-state index contributed by atoms with van der Waals surface area (Å²) in [7, 11) is 3.93. The Morgan fingerprint density at radius 3 is 2.44 bits per heavy atom. The van der Waals surface area contributed by atoms with Gasteiger partial charge in [-0.15, -0.1) is 0 Å². The summed E-state index contributed by atoms with van der Waals surface area (Å²) < 4.78 is 5.12. The maximum atomic E-state index is 11.9. The second kappa shape index (κ2) is 5.36. The van der Waals surface area contributed by atoms with Gasteiger partial charge < -0.3 is 9.32 Å². The molecule has 2 rings (SSSR count). The van der Waals surface area contributed by atoms with Crippen LogP contribution in [0.15, 0.2) is 53.2 Å². The minimum atomic E-state index is -0.0308. The lowest BCUT2D eigenvalue weighted by molar-refractivity contribution is 0.104. The van der Waals surface area contributed by atoms with Crippen molar-refractivity contribution in [3.63, 3.8) is 0 Å². The van der Waals surface area contributed by atoms with Gasteiger partial charge in [-0.2, -0.15) is 0 Å². The Morgan fingerprint density at radius 2 is 1.89 bits per heavy atom. The molecule has 18 heavy (non-hydrogen) atoms. The molecule has 1 aromatic heterocycles. The van der Waals surface area contributed by atoms with E-state index in [0.717, 1.165) is 5.69 Å². The average Bonchev–Trinajstić information content (AvgIpc) is 2.89. The molecule has 2 aromatic rings. The number of carbonyl (C=O) groups is 1. The third-order valence-electron chi connectivity index (χ3n) is 2.61. The lowest BCUT2D eigenvalue weighted by atomic mass is 10.1. The standard InChI is InChI=1S/C15H15NO2/c1-16(2)13-7-5-12(6-8-13)15(17)10-9-14-4-3-11-18-14/h3-11H,1-2H3/b10-9+. The lowest BCUT2D eigenvalue weighted by Gasteiger charge is -2.11. The lowest BCUT2D eigenvalue weighted by Crippen LogP contribution is -2.08. The van der Waals surface area contributed by atoms with Gasteiger partial charge in [-0.1, -0.05) is 0 Å². The number of carbonyl (C=O) groups excluding carboxylic acids is 1. The summed E-state index contributed by atoms with van der Waals surface area (Å²) in [4.78, 5) is 13.9. The van der Waals surface area contributed by atoms with Crippen LogP contribution < -0.4 is 4.90 Å². The number of hydrogen-bond donors (Lipinski definition) is 0. The molecule has 0 aliphatic carbocycles. The molecule has 0 unspecified atom stereocenters. The van der Waals surface area contributed by atoms with Gasteiger partial charge in [-0.25, -0.2) is 0 Å². The number of nitrogens with zero attached hydrogens (tertiary/aromatic N) is 1. The summed E-state index contributed by atoms with van der Waals surface area (Å²) in [5.41, 5.74) is 1.74. The van der Waals surface area contributed by atoms with E-state index in [4.69, 9.17) is 4.42 Å². The molecule has 92 valence electrons. The number of anilines is 1. The number of allylic oxidation sites excluding steroid dienone is 1. The minimum absolute atomic E-state index is 0.0308. The van der Waals surface area contributed by atoms with Crippen LogP contribution in [0.4, 0.5) is 5.69 Å². The van der Waals surface area contributed by atoms with E-state index in [2.05, 4.69) is 0 Å². The van der Waals surface area contributed by atoms with Crippen LogP contribution >= 0.6 is 0 Å². The van der Waals surface area contributed by atoms with Gasteiger partial charge in [-0.3, -0.25) is 4.79 Å². The first-order valence-corrected chi connectivity index (χ1v) is 5.70. The molecule has 0 saturated carbocycles. The molecule has 3 nitrogen and oxygen atoms in total. The SMILES string of the molecule is CN(C)c1ccc(C(=O)/C=C/c2ccco2)cc1. The molecule has 3 heteroatoms. The fourth-order valence-corrected chi connectivity index (χ4v) is 1.56. The van der Waals surface area contributed by atoms with Crippen LogP contribution in [0, 0.1) is 0 Å². The monoisotopic (exact) mass is 241 g/mol. The largest absolute Gasteiger partial charge is 0.465 e. The van der Waals surface area contributed by atoms with E-state index in [1.807, 2.05) is 43.3 Å². The van der Waals surface area contributed by atoms with Crippen molar-refractivity contribution in [2.24, 2.45) is 0 Å². The van der Waals surface area contributed by atoms with Crippen molar-refractivity contribution in [1.82, 2.24) is 0 Å². The first-order valence-electron chi connectivity index (χ1n) is 5.70. The van der Waals surface area contributed by atoms with Gasteiger partial charge in [0.15, 0.2) is 5.78 Å². The topological polar surface area (TPSA) is 33.5 Å². The molecule has 0 aliphatic rings. The Balaban J connectivity index is 2.09. The van der Waals surface area contributed by atoms with E-state index in [9.17, 15) is 4.79 Å². The fraction of sp³-hybridized carbons (Fsp3) is 0.133. The maximum absolute atomic E-state index is 11.9. The Bertz CT molecular complexity index is 536. The zero-order valence-electron chi connectivity index (χ0n) is 10.5. The number of ketones is 1. The number of rotatable bonds is 4. The fourth-order valence-electron chi connectivity index (χ4n) is 1.56. The predicted octanol–water partition coefficient (Wildman–Crippen LogP) is 3.24. The van der Waals surface area contributed by atoms with Crippen molar-refractivity contribution in [2.75, 3.05) is 19.0 Å². The van der Waals surface area contributed by atoms with E-state index in [0.29, 0.717) is 11.3 Å². The van der Waals surface area contributed by atoms with Crippen LogP contribution in [-0.2, 0) is 0 Å². The predicted molar refractivity (Wildman–Crippen MR) is 72.8 cm³/mol. The van der Waals surface area contributed by atoms with E-state index < -0.39 is 0 Å². The molecule has 0 N–H and O–H groups in total. The van der Waals surface area contributed by atoms with Crippen LogP contribution in [0.5, 0.6) is 0 Å².